The van der Waals surface area contributed by atoms with E-state index in [0.717, 1.165) is 0 Å². The van der Waals surface area contributed by atoms with Crippen molar-refractivity contribution in [2.24, 2.45) is 0 Å². The van der Waals surface area contributed by atoms with Gasteiger partial charge >= 0.3 is 0 Å². The van der Waals surface area contributed by atoms with Crippen LogP contribution < -0.4 is 0 Å². The number of hydrogen-bond acceptors (Lipinski definition) is 4. The Morgan fingerprint density at radius 1 is 1.56 bits per heavy atom. The van der Waals surface area contributed by atoms with Crippen LogP contribution in [0.3, 0.4) is 0 Å². The molecule has 0 atom stereocenters. The lowest BCUT2D eigenvalue weighted by atomic mass is 10.1. The van der Waals surface area contributed by atoms with Crippen molar-refractivity contribution in [3.63, 3.8) is 0 Å². The van der Waals surface area contributed by atoms with Crippen molar-refractivity contribution in [2.45, 2.75) is 6.92 Å². The summed E-state index contributed by atoms with van der Waals surface area (Å²) in [4.78, 5) is 23.5. The molecule has 1 aromatic carbocycles. The van der Waals surface area contributed by atoms with Gasteiger partial charge in [0.15, 0.2) is 0 Å². The summed E-state index contributed by atoms with van der Waals surface area (Å²) in [5, 5.41) is 19.3. The van der Waals surface area contributed by atoms with Crippen LogP contribution >= 0.6 is 15.9 Å². The van der Waals surface area contributed by atoms with Gasteiger partial charge in [-0.3, -0.25) is 14.9 Å². The minimum atomic E-state index is -0.567. The van der Waals surface area contributed by atoms with Crippen LogP contribution in [0.1, 0.15) is 17.3 Å². The average molecular weight is 312 g/mol. The molecule has 0 aliphatic heterocycles. The molecule has 0 radical (unpaired) electrons. The maximum Gasteiger partial charge on any atom is 0.271 e. The first-order valence-electron chi connectivity index (χ1n) is 5.10. The highest BCUT2D eigenvalue weighted by atomic mass is 79.9. The van der Waals surface area contributed by atoms with Gasteiger partial charge in [0.2, 0.25) is 0 Å². The number of rotatable bonds is 4. The molecule has 1 aromatic rings. The van der Waals surface area contributed by atoms with Crippen molar-refractivity contribution >= 4 is 27.5 Å². The molecule has 0 saturated carbocycles. The Kier molecular flexibility index (Phi) is 4.80. The summed E-state index contributed by atoms with van der Waals surface area (Å²) in [7, 11) is 0. The van der Waals surface area contributed by atoms with E-state index in [1.54, 1.807) is 6.92 Å². The van der Waals surface area contributed by atoms with Crippen LogP contribution in [0.25, 0.3) is 0 Å². The summed E-state index contributed by atoms with van der Waals surface area (Å²) in [6.07, 6.45) is 0. The third-order valence-corrected chi connectivity index (χ3v) is 2.73. The normalized spacial score (nSPS) is 9.61. The molecule has 0 fully saturated rings. The molecule has 0 saturated heterocycles. The van der Waals surface area contributed by atoms with Crippen molar-refractivity contribution in [2.75, 3.05) is 13.1 Å². The van der Waals surface area contributed by atoms with Crippen molar-refractivity contribution in [1.82, 2.24) is 4.90 Å². The number of amides is 1. The number of nitro benzene ring substituents is 1. The molecular formula is C11H10BrN3O3. The van der Waals surface area contributed by atoms with Crippen molar-refractivity contribution in [1.29, 1.82) is 5.26 Å². The molecule has 6 nitrogen and oxygen atoms in total. The standard InChI is InChI=1S/C11H10BrN3O3/c1-2-14(4-3-13)11(16)8-5-9(12)7-10(6-8)15(17)18/h5-7H,2,4H2,1H3. The molecular weight excluding hydrogens is 302 g/mol. The zero-order chi connectivity index (χ0) is 13.7. The first-order chi connectivity index (χ1) is 8.49. The Labute approximate surface area is 112 Å². The first kappa shape index (κ1) is 14.1. The molecule has 0 bridgehead atoms. The molecule has 0 aliphatic rings. The van der Waals surface area contributed by atoms with E-state index in [-0.39, 0.29) is 17.8 Å². The Balaban J connectivity index is 3.13. The van der Waals surface area contributed by atoms with Gasteiger partial charge in [0, 0.05) is 28.7 Å². The monoisotopic (exact) mass is 311 g/mol. The maximum absolute atomic E-state index is 12.0. The van der Waals surface area contributed by atoms with Gasteiger partial charge in [-0.1, -0.05) is 15.9 Å². The summed E-state index contributed by atoms with van der Waals surface area (Å²) in [5.41, 5.74) is 0.0221. The minimum Gasteiger partial charge on any atom is -0.326 e. The Hall–Kier alpha value is -1.94. The second-order valence-electron chi connectivity index (χ2n) is 3.43. The lowest BCUT2D eigenvalue weighted by Crippen LogP contribution is -2.31. The predicted octanol–water partition coefficient (Wildman–Crippen LogP) is 2.34. The van der Waals surface area contributed by atoms with Gasteiger partial charge in [-0.25, -0.2) is 0 Å². The van der Waals surface area contributed by atoms with Gasteiger partial charge in [0.1, 0.15) is 6.54 Å². The number of benzene rings is 1. The lowest BCUT2D eigenvalue weighted by molar-refractivity contribution is -0.385. The van der Waals surface area contributed by atoms with Crippen molar-refractivity contribution in [3.8, 4) is 6.07 Å². The average Bonchev–Trinajstić information content (AvgIpc) is 2.34. The summed E-state index contributed by atoms with van der Waals surface area (Å²) in [6, 6.07) is 5.89. The van der Waals surface area contributed by atoms with E-state index in [2.05, 4.69) is 15.9 Å². The molecule has 1 amide bonds. The minimum absolute atomic E-state index is 0.0460. The summed E-state index contributed by atoms with van der Waals surface area (Å²) >= 11 is 3.12. The fourth-order valence-electron chi connectivity index (χ4n) is 1.40. The third-order valence-electron chi connectivity index (χ3n) is 2.27. The first-order valence-corrected chi connectivity index (χ1v) is 5.90. The Morgan fingerprint density at radius 2 is 2.22 bits per heavy atom. The fourth-order valence-corrected chi connectivity index (χ4v) is 1.88. The summed E-state index contributed by atoms with van der Waals surface area (Å²) in [6.45, 7) is 2.06. The second-order valence-corrected chi connectivity index (χ2v) is 4.35. The van der Waals surface area contributed by atoms with Gasteiger partial charge in [-0.2, -0.15) is 5.26 Å². The zero-order valence-electron chi connectivity index (χ0n) is 9.59. The third kappa shape index (κ3) is 3.28. The number of non-ortho nitro benzene ring substituents is 1. The van der Waals surface area contributed by atoms with E-state index >= 15 is 0 Å². The molecule has 0 heterocycles. The van der Waals surface area contributed by atoms with Gasteiger partial charge in [0.05, 0.1) is 11.0 Å². The van der Waals surface area contributed by atoms with E-state index in [9.17, 15) is 14.9 Å². The molecule has 0 aromatic heterocycles. The number of halogens is 1. The number of hydrogen-bond donors (Lipinski definition) is 0. The van der Waals surface area contributed by atoms with Crippen LogP contribution in [-0.2, 0) is 0 Å². The van der Waals surface area contributed by atoms with Crippen molar-refractivity contribution in [3.05, 3.63) is 38.3 Å². The van der Waals surface area contributed by atoms with E-state index in [0.29, 0.717) is 11.0 Å². The molecule has 1 rings (SSSR count). The van der Waals surface area contributed by atoms with Gasteiger partial charge < -0.3 is 4.90 Å². The second kappa shape index (κ2) is 6.12. The van der Waals surface area contributed by atoms with E-state index in [1.165, 1.54) is 23.1 Å². The van der Waals surface area contributed by atoms with Crippen LogP contribution in [0.4, 0.5) is 5.69 Å². The Morgan fingerprint density at radius 3 is 2.72 bits per heavy atom. The highest BCUT2D eigenvalue weighted by Gasteiger charge is 2.18. The fraction of sp³-hybridized carbons (Fsp3) is 0.273. The number of nitriles is 1. The topological polar surface area (TPSA) is 87.2 Å². The number of carbonyl (C=O) groups excluding carboxylic acids is 1. The number of nitrogens with zero attached hydrogens (tertiary/aromatic N) is 3. The number of nitro groups is 1. The number of carbonyl (C=O) groups is 1. The smallest absolute Gasteiger partial charge is 0.271 e. The molecule has 0 aliphatic carbocycles. The zero-order valence-corrected chi connectivity index (χ0v) is 11.2. The van der Waals surface area contributed by atoms with Crippen LogP contribution in [-0.4, -0.2) is 28.8 Å². The van der Waals surface area contributed by atoms with E-state index < -0.39 is 10.8 Å². The van der Waals surface area contributed by atoms with Crippen LogP contribution in [0.5, 0.6) is 0 Å². The van der Waals surface area contributed by atoms with Gasteiger partial charge in [0.25, 0.3) is 11.6 Å². The molecule has 0 N–H and O–H groups in total. The van der Waals surface area contributed by atoms with E-state index in [1.807, 2.05) is 6.07 Å². The van der Waals surface area contributed by atoms with Crippen LogP contribution in [0.2, 0.25) is 0 Å². The summed E-state index contributed by atoms with van der Waals surface area (Å²) in [5.74, 6) is -0.400. The largest absolute Gasteiger partial charge is 0.326 e. The highest BCUT2D eigenvalue weighted by Crippen LogP contribution is 2.22. The molecule has 0 spiro atoms. The lowest BCUT2D eigenvalue weighted by Gasteiger charge is -2.17. The van der Waals surface area contributed by atoms with Gasteiger partial charge in [-0.05, 0) is 13.0 Å². The molecule has 0 unspecified atom stereocenters. The highest BCUT2D eigenvalue weighted by molar-refractivity contribution is 9.10. The molecule has 94 valence electrons. The molecule has 7 heteroatoms. The summed E-state index contributed by atoms with van der Waals surface area (Å²) < 4.78 is 0.452. The van der Waals surface area contributed by atoms with Crippen LogP contribution in [0.15, 0.2) is 22.7 Å². The van der Waals surface area contributed by atoms with Gasteiger partial charge in [-0.15, -0.1) is 0 Å². The SMILES string of the molecule is CCN(CC#N)C(=O)c1cc(Br)cc([N+](=O)[O-])c1. The quantitative estimate of drug-likeness (QED) is 0.485. The Bertz CT molecular complexity index is 525. The molecule has 18 heavy (non-hydrogen) atoms. The predicted molar refractivity (Wildman–Crippen MR) is 68.0 cm³/mol. The van der Waals surface area contributed by atoms with Crippen LogP contribution in [0, 0.1) is 21.4 Å². The maximum atomic E-state index is 12.0. The van der Waals surface area contributed by atoms with Crippen molar-refractivity contribution < 1.29 is 9.72 Å². The van der Waals surface area contributed by atoms with E-state index in [4.69, 9.17) is 5.26 Å².